The topological polar surface area (TPSA) is 23.5 Å². The van der Waals surface area contributed by atoms with Crippen LogP contribution in [0.15, 0.2) is 0 Å². The molecule has 1 saturated heterocycles. The Balaban J connectivity index is 2.26. The van der Waals surface area contributed by atoms with E-state index in [1.54, 1.807) is 0 Å². The number of hydrogen-bond donors (Lipinski definition) is 1. The molecule has 0 aromatic carbocycles. The number of hydrogen-bond acceptors (Lipinski definition) is 2. The van der Waals surface area contributed by atoms with Crippen molar-refractivity contribution in [3.8, 4) is 0 Å². The van der Waals surface area contributed by atoms with Gasteiger partial charge >= 0.3 is 0 Å². The Kier molecular flexibility index (Phi) is 5.49. The molecule has 1 rings (SSSR count). The van der Waals surface area contributed by atoms with Crippen molar-refractivity contribution in [2.45, 2.75) is 52.0 Å². The molecular formula is C12H25NO. The molecule has 1 heterocycles. The second kappa shape index (κ2) is 6.41. The second-order valence-electron chi connectivity index (χ2n) is 4.79. The third-order valence-electron chi connectivity index (χ3n) is 3.38. The van der Waals surface area contributed by atoms with E-state index in [1.807, 2.05) is 0 Å². The molecule has 0 radical (unpaired) electrons. The van der Waals surface area contributed by atoms with E-state index >= 15 is 0 Å². The summed E-state index contributed by atoms with van der Waals surface area (Å²) < 4.78 is 0. The molecule has 1 N–H and O–H groups in total. The van der Waals surface area contributed by atoms with Gasteiger partial charge in [-0.1, -0.05) is 0 Å². The highest BCUT2D eigenvalue weighted by atomic mass is 16.2. The Morgan fingerprint density at radius 1 is 1.29 bits per heavy atom. The summed E-state index contributed by atoms with van der Waals surface area (Å²) in [6, 6.07) is 0.701. The van der Waals surface area contributed by atoms with E-state index in [0.717, 1.165) is 12.3 Å². The van der Waals surface area contributed by atoms with Crippen LogP contribution >= 0.6 is 0 Å². The van der Waals surface area contributed by atoms with Crippen molar-refractivity contribution in [1.82, 2.24) is 4.90 Å². The number of aliphatic hydroxyl groups excluding tert-OH is 1. The fraction of sp³-hybridized carbons (Fsp3) is 1.00. The quantitative estimate of drug-likeness (QED) is 0.751. The molecule has 0 spiro atoms. The molecule has 14 heavy (non-hydrogen) atoms. The molecule has 1 aliphatic rings. The van der Waals surface area contributed by atoms with E-state index < -0.39 is 0 Å². The molecule has 1 unspecified atom stereocenters. The number of likely N-dealkylation sites (tertiary alicyclic amines) is 1. The van der Waals surface area contributed by atoms with Crippen molar-refractivity contribution in [3.05, 3.63) is 0 Å². The zero-order valence-corrected chi connectivity index (χ0v) is 9.71. The van der Waals surface area contributed by atoms with Crippen LogP contribution in [0.3, 0.4) is 0 Å². The average Bonchev–Trinajstić information content (AvgIpc) is 2.39. The van der Waals surface area contributed by atoms with Gasteiger partial charge in [-0.2, -0.15) is 0 Å². The van der Waals surface area contributed by atoms with E-state index in [0.29, 0.717) is 12.6 Å². The van der Waals surface area contributed by atoms with Crippen LogP contribution in [0, 0.1) is 5.92 Å². The van der Waals surface area contributed by atoms with Crippen molar-refractivity contribution in [3.63, 3.8) is 0 Å². The molecule has 0 aromatic rings. The minimum Gasteiger partial charge on any atom is -0.396 e. The number of rotatable bonds is 4. The molecule has 0 aromatic heterocycles. The smallest absolute Gasteiger partial charge is 0.0431 e. The highest BCUT2D eigenvalue weighted by Crippen LogP contribution is 2.22. The second-order valence-corrected chi connectivity index (χ2v) is 4.79. The van der Waals surface area contributed by atoms with Crippen molar-refractivity contribution in [1.29, 1.82) is 0 Å². The van der Waals surface area contributed by atoms with Crippen LogP contribution in [0.2, 0.25) is 0 Å². The molecular weight excluding hydrogens is 174 g/mol. The molecule has 0 saturated carbocycles. The van der Waals surface area contributed by atoms with Gasteiger partial charge in [-0.15, -0.1) is 0 Å². The Morgan fingerprint density at radius 3 is 2.71 bits per heavy atom. The maximum atomic E-state index is 8.80. The van der Waals surface area contributed by atoms with Crippen LogP contribution in [0.5, 0.6) is 0 Å². The van der Waals surface area contributed by atoms with Gasteiger partial charge in [0, 0.05) is 12.6 Å². The first-order valence-corrected chi connectivity index (χ1v) is 6.09. The van der Waals surface area contributed by atoms with Gasteiger partial charge in [0.15, 0.2) is 0 Å². The van der Waals surface area contributed by atoms with Gasteiger partial charge in [0.25, 0.3) is 0 Å². The third-order valence-corrected chi connectivity index (χ3v) is 3.38. The van der Waals surface area contributed by atoms with Gasteiger partial charge < -0.3 is 10.0 Å². The zero-order chi connectivity index (χ0) is 10.4. The summed E-state index contributed by atoms with van der Waals surface area (Å²) in [5.74, 6) is 0.867. The molecule has 1 fully saturated rings. The van der Waals surface area contributed by atoms with Crippen LogP contribution in [0.25, 0.3) is 0 Å². The molecule has 2 nitrogen and oxygen atoms in total. The lowest BCUT2D eigenvalue weighted by molar-refractivity contribution is 0.224. The molecule has 1 aliphatic heterocycles. The Bertz CT molecular complexity index is 147. The summed E-state index contributed by atoms with van der Waals surface area (Å²) in [5.41, 5.74) is 0. The Labute approximate surface area is 88.3 Å². The van der Waals surface area contributed by atoms with E-state index in [4.69, 9.17) is 5.11 Å². The Hall–Kier alpha value is -0.0800. The van der Waals surface area contributed by atoms with Gasteiger partial charge in [0.2, 0.25) is 0 Å². The van der Waals surface area contributed by atoms with Crippen molar-refractivity contribution >= 4 is 0 Å². The summed E-state index contributed by atoms with van der Waals surface area (Å²) in [4.78, 5) is 2.58. The highest BCUT2D eigenvalue weighted by Gasteiger charge is 2.17. The van der Waals surface area contributed by atoms with Gasteiger partial charge in [0.05, 0.1) is 0 Å². The first-order chi connectivity index (χ1) is 6.74. The zero-order valence-electron chi connectivity index (χ0n) is 9.71. The standard InChI is InChI=1S/C12H25NO/c1-11(2)13-8-3-5-12(7-9-13)6-4-10-14/h11-12,14H,3-10H2,1-2H3. The molecule has 0 aliphatic carbocycles. The monoisotopic (exact) mass is 199 g/mol. The summed E-state index contributed by atoms with van der Waals surface area (Å²) in [7, 11) is 0. The largest absolute Gasteiger partial charge is 0.396 e. The lowest BCUT2D eigenvalue weighted by Gasteiger charge is -2.24. The maximum Gasteiger partial charge on any atom is 0.0431 e. The SMILES string of the molecule is CC(C)N1CCCC(CCCO)CC1. The highest BCUT2D eigenvalue weighted by molar-refractivity contribution is 4.72. The lowest BCUT2D eigenvalue weighted by Crippen LogP contribution is -2.31. The van der Waals surface area contributed by atoms with Gasteiger partial charge in [-0.05, 0) is 65.0 Å². The Morgan fingerprint density at radius 2 is 2.07 bits per heavy atom. The first kappa shape index (κ1) is 12.0. The predicted molar refractivity (Wildman–Crippen MR) is 60.4 cm³/mol. The maximum absolute atomic E-state index is 8.80. The predicted octanol–water partition coefficient (Wildman–Crippen LogP) is 2.27. The van der Waals surface area contributed by atoms with Crippen molar-refractivity contribution in [2.75, 3.05) is 19.7 Å². The van der Waals surface area contributed by atoms with Gasteiger partial charge in [-0.25, -0.2) is 0 Å². The van der Waals surface area contributed by atoms with Crippen molar-refractivity contribution in [2.24, 2.45) is 5.92 Å². The molecule has 84 valence electrons. The third kappa shape index (κ3) is 3.97. The van der Waals surface area contributed by atoms with E-state index in [9.17, 15) is 0 Å². The summed E-state index contributed by atoms with van der Waals surface area (Å²) in [5, 5.41) is 8.80. The normalized spacial score (nSPS) is 25.3. The minimum atomic E-state index is 0.365. The van der Waals surface area contributed by atoms with Crippen LogP contribution in [-0.4, -0.2) is 35.7 Å². The fourth-order valence-electron chi connectivity index (χ4n) is 2.37. The molecule has 2 heteroatoms. The van der Waals surface area contributed by atoms with Crippen LogP contribution in [0.1, 0.15) is 46.0 Å². The summed E-state index contributed by atoms with van der Waals surface area (Å²) in [6.07, 6.45) is 6.25. The van der Waals surface area contributed by atoms with Gasteiger partial charge in [0.1, 0.15) is 0 Å². The van der Waals surface area contributed by atoms with E-state index in [-0.39, 0.29) is 0 Å². The summed E-state index contributed by atoms with van der Waals surface area (Å²) >= 11 is 0. The first-order valence-electron chi connectivity index (χ1n) is 6.09. The van der Waals surface area contributed by atoms with Crippen LogP contribution < -0.4 is 0 Å². The summed E-state index contributed by atoms with van der Waals surface area (Å²) in [6.45, 7) is 7.47. The fourth-order valence-corrected chi connectivity index (χ4v) is 2.37. The van der Waals surface area contributed by atoms with Crippen molar-refractivity contribution < 1.29 is 5.11 Å². The minimum absolute atomic E-state index is 0.365. The molecule has 0 bridgehead atoms. The van der Waals surface area contributed by atoms with Gasteiger partial charge in [-0.3, -0.25) is 0 Å². The van der Waals surface area contributed by atoms with E-state index in [2.05, 4.69) is 18.7 Å². The molecule has 0 amide bonds. The van der Waals surface area contributed by atoms with E-state index in [1.165, 1.54) is 38.8 Å². The average molecular weight is 199 g/mol. The molecule has 1 atom stereocenters. The number of aliphatic hydroxyl groups is 1. The number of nitrogens with zero attached hydrogens (tertiary/aromatic N) is 1. The lowest BCUT2D eigenvalue weighted by atomic mass is 9.95. The van der Waals surface area contributed by atoms with Crippen LogP contribution in [-0.2, 0) is 0 Å². The van der Waals surface area contributed by atoms with Crippen LogP contribution in [0.4, 0.5) is 0 Å².